The maximum atomic E-state index is 12.7. The van der Waals surface area contributed by atoms with Gasteiger partial charge >= 0.3 is 0 Å². The summed E-state index contributed by atoms with van der Waals surface area (Å²) in [5.74, 6) is -1.17. The number of non-ortho nitro benzene ring substituents is 2. The second-order valence-electron chi connectivity index (χ2n) is 6.26. The van der Waals surface area contributed by atoms with Crippen molar-refractivity contribution in [1.82, 2.24) is 4.90 Å². The molecule has 160 valence electrons. The SMILES string of the molecule is CCOc1cc([N+](=O)[O-])cc(/C=C2\SC(=O)N(Cc3ccc([N+](=O)[O-])cc3)C2=O)c1O. The molecule has 0 saturated carbocycles. The quantitative estimate of drug-likeness (QED) is 0.380. The molecule has 0 aliphatic carbocycles. The fourth-order valence-electron chi connectivity index (χ4n) is 2.78. The first kappa shape index (κ1) is 21.8. The lowest BCUT2D eigenvalue weighted by Crippen LogP contribution is -2.27. The van der Waals surface area contributed by atoms with Gasteiger partial charge < -0.3 is 9.84 Å². The number of phenols is 1. The van der Waals surface area contributed by atoms with E-state index in [9.17, 15) is 34.9 Å². The fraction of sp³-hybridized carbons (Fsp3) is 0.158. The molecule has 1 heterocycles. The van der Waals surface area contributed by atoms with Gasteiger partial charge in [0.2, 0.25) is 0 Å². The topological polar surface area (TPSA) is 153 Å². The summed E-state index contributed by atoms with van der Waals surface area (Å²) in [6.45, 7) is 1.69. The zero-order valence-corrected chi connectivity index (χ0v) is 16.8. The van der Waals surface area contributed by atoms with Crippen LogP contribution in [0.2, 0.25) is 0 Å². The number of nitro groups is 2. The Hall–Kier alpha value is -3.93. The van der Waals surface area contributed by atoms with E-state index in [0.29, 0.717) is 17.3 Å². The Balaban J connectivity index is 1.89. The fourth-order valence-corrected chi connectivity index (χ4v) is 3.61. The van der Waals surface area contributed by atoms with Crippen molar-refractivity contribution in [3.8, 4) is 11.5 Å². The molecule has 2 aromatic rings. The Morgan fingerprint density at radius 1 is 1.10 bits per heavy atom. The summed E-state index contributed by atoms with van der Waals surface area (Å²) in [7, 11) is 0. The number of imide groups is 1. The molecular formula is C19H15N3O8S. The number of carbonyl (C=O) groups excluding carboxylic acids is 2. The van der Waals surface area contributed by atoms with Crippen molar-refractivity contribution in [2.45, 2.75) is 13.5 Å². The molecule has 0 unspecified atom stereocenters. The van der Waals surface area contributed by atoms with Gasteiger partial charge in [0.25, 0.3) is 22.5 Å². The van der Waals surface area contributed by atoms with Gasteiger partial charge in [0, 0.05) is 23.8 Å². The number of phenolic OH excluding ortho intramolecular Hbond substituents is 1. The minimum Gasteiger partial charge on any atom is -0.504 e. The van der Waals surface area contributed by atoms with Gasteiger partial charge in [-0.15, -0.1) is 0 Å². The zero-order chi connectivity index (χ0) is 22.7. The number of ether oxygens (including phenoxy) is 1. The Morgan fingerprint density at radius 3 is 2.32 bits per heavy atom. The lowest BCUT2D eigenvalue weighted by Gasteiger charge is -2.12. The number of amides is 2. The lowest BCUT2D eigenvalue weighted by molar-refractivity contribution is -0.385. The molecule has 12 heteroatoms. The molecule has 31 heavy (non-hydrogen) atoms. The molecule has 0 atom stereocenters. The molecule has 2 aromatic carbocycles. The van der Waals surface area contributed by atoms with E-state index in [4.69, 9.17) is 4.74 Å². The smallest absolute Gasteiger partial charge is 0.293 e. The Kier molecular flexibility index (Phi) is 6.20. The van der Waals surface area contributed by atoms with E-state index >= 15 is 0 Å². The van der Waals surface area contributed by atoms with Gasteiger partial charge in [-0.2, -0.15) is 0 Å². The van der Waals surface area contributed by atoms with E-state index in [0.717, 1.165) is 17.0 Å². The van der Waals surface area contributed by atoms with Gasteiger partial charge in [-0.1, -0.05) is 12.1 Å². The Bertz CT molecular complexity index is 1110. The summed E-state index contributed by atoms with van der Waals surface area (Å²) in [6, 6.07) is 7.54. The van der Waals surface area contributed by atoms with E-state index in [1.54, 1.807) is 6.92 Å². The molecule has 1 N–H and O–H groups in total. The number of nitro benzene ring substituents is 2. The van der Waals surface area contributed by atoms with Crippen molar-refractivity contribution in [1.29, 1.82) is 0 Å². The first-order valence-electron chi connectivity index (χ1n) is 8.84. The number of thioether (sulfide) groups is 1. The normalized spacial score (nSPS) is 14.9. The summed E-state index contributed by atoms with van der Waals surface area (Å²) in [6.07, 6.45) is 1.19. The van der Waals surface area contributed by atoms with Crippen LogP contribution in [0.4, 0.5) is 16.2 Å². The third kappa shape index (κ3) is 4.64. The maximum Gasteiger partial charge on any atom is 0.293 e. The summed E-state index contributed by atoms with van der Waals surface area (Å²) in [4.78, 5) is 46.6. The van der Waals surface area contributed by atoms with Crippen molar-refractivity contribution >= 4 is 40.4 Å². The van der Waals surface area contributed by atoms with Crippen LogP contribution < -0.4 is 4.74 Å². The summed E-state index contributed by atoms with van der Waals surface area (Å²) in [5.41, 5.74) is -0.00823. The van der Waals surface area contributed by atoms with Crippen molar-refractivity contribution in [2.75, 3.05) is 6.61 Å². The number of hydrogen-bond donors (Lipinski definition) is 1. The number of hydrogen-bond acceptors (Lipinski definition) is 9. The molecular weight excluding hydrogens is 430 g/mol. The molecule has 1 aliphatic heterocycles. The van der Waals surface area contributed by atoms with Gasteiger partial charge in [-0.3, -0.25) is 34.7 Å². The highest BCUT2D eigenvalue weighted by Gasteiger charge is 2.35. The number of nitrogens with zero attached hydrogens (tertiary/aromatic N) is 3. The first-order chi connectivity index (χ1) is 14.7. The van der Waals surface area contributed by atoms with Crippen LogP contribution in [-0.4, -0.2) is 37.6 Å². The largest absolute Gasteiger partial charge is 0.504 e. The van der Waals surface area contributed by atoms with Crippen molar-refractivity contribution in [2.24, 2.45) is 0 Å². The number of aromatic hydroxyl groups is 1. The van der Waals surface area contributed by atoms with Crippen LogP contribution in [0.3, 0.4) is 0 Å². The Morgan fingerprint density at radius 2 is 1.74 bits per heavy atom. The molecule has 1 fully saturated rings. The molecule has 0 bridgehead atoms. The van der Waals surface area contributed by atoms with Crippen LogP contribution in [0.25, 0.3) is 6.08 Å². The van der Waals surface area contributed by atoms with E-state index in [2.05, 4.69) is 0 Å². The predicted molar refractivity (Wildman–Crippen MR) is 111 cm³/mol. The zero-order valence-electron chi connectivity index (χ0n) is 16.0. The molecule has 0 aromatic heterocycles. The summed E-state index contributed by atoms with van der Waals surface area (Å²) >= 11 is 0.615. The third-order valence-corrected chi connectivity index (χ3v) is 5.16. The highest BCUT2D eigenvalue weighted by Crippen LogP contribution is 2.39. The van der Waals surface area contributed by atoms with E-state index in [1.165, 1.54) is 30.3 Å². The van der Waals surface area contributed by atoms with Crippen LogP contribution in [-0.2, 0) is 11.3 Å². The van der Waals surface area contributed by atoms with Gasteiger partial charge in [-0.25, -0.2) is 0 Å². The van der Waals surface area contributed by atoms with Crippen LogP contribution in [0.5, 0.6) is 11.5 Å². The average Bonchev–Trinajstić information content (AvgIpc) is 2.98. The van der Waals surface area contributed by atoms with Crippen LogP contribution in [0, 0.1) is 20.2 Å². The van der Waals surface area contributed by atoms with Gasteiger partial charge in [-0.05, 0) is 30.3 Å². The summed E-state index contributed by atoms with van der Waals surface area (Å²) < 4.78 is 5.21. The van der Waals surface area contributed by atoms with Crippen LogP contribution in [0.1, 0.15) is 18.1 Å². The van der Waals surface area contributed by atoms with E-state index < -0.39 is 26.7 Å². The molecule has 3 rings (SSSR count). The second-order valence-corrected chi connectivity index (χ2v) is 7.26. The minimum absolute atomic E-state index is 0.0369. The first-order valence-corrected chi connectivity index (χ1v) is 9.65. The van der Waals surface area contributed by atoms with Gasteiger partial charge in [0.05, 0.1) is 34.0 Å². The van der Waals surface area contributed by atoms with Crippen molar-refractivity contribution < 1.29 is 29.3 Å². The van der Waals surface area contributed by atoms with Gasteiger partial charge in [0.1, 0.15) is 0 Å². The predicted octanol–water partition coefficient (Wildman–Crippen LogP) is 3.84. The van der Waals surface area contributed by atoms with Crippen molar-refractivity contribution in [3.63, 3.8) is 0 Å². The monoisotopic (exact) mass is 445 g/mol. The molecule has 11 nitrogen and oxygen atoms in total. The summed E-state index contributed by atoms with van der Waals surface area (Å²) in [5, 5.41) is 31.7. The molecule has 0 spiro atoms. The van der Waals surface area contributed by atoms with Gasteiger partial charge in [0.15, 0.2) is 11.5 Å². The average molecular weight is 445 g/mol. The third-order valence-electron chi connectivity index (χ3n) is 4.25. The van der Waals surface area contributed by atoms with Crippen LogP contribution in [0.15, 0.2) is 41.3 Å². The Labute approximate surface area is 179 Å². The maximum absolute atomic E-state index is 12.7. The standard InChI is InChI=1S/C19H15N3O8S/c1-2-30-15-9-14(22(28)29)7-12(17(15)23)8-16-18(24)20(19(25)31-16)10-11-3-5-13(6-4-11)21(26)27/h3-9,23H,2,10H2,1H3/b16-8-. The molecule has 1 aliphatic rings. The second kappa shape index (κ2) is 8.83. The molecule has 2 amide bonds. The number of benzene rings is 2. The molecule has 0 radical (unpaired) electrons. The highest BCUT2D eigenvalue weighted by molar-refractivity contribution is 8.18. The van der Waals surface area contributed by atoms with Crippen LogP contribution >= 0.6 is 11.8 Å². The highest BCUT2D eigenvalue weighted by atomic mass is 32.2. The van der Waals surface area contributed by atoms with Crippen molar-refractivity contribution in [3.05, 3.63) is 72.7 Å². The lowest BCUT2D eigenvalue weighted by atomic mass is 10.1. The van der Waals surface area contributed by atoms with E-state index in [1.807, 2.05) is 0 Å². The minimum atomic E-state index is -0.667. The number of carbonyl (C=O) groups is 2. The molecule has 1 saturated heterocycles. The number of rotatable bonds is 7. The van der Waals surface area contributed by atoms with E-state index in [-0.39, 0.29) is 40.7 Å².